The Hall–Kier alpha value is 0.0219. The average molecular weight is 555 g/mol. The Morgan fingerprint density at radius 1 is 1.32 bits per heavy atom. The second-order valence-electron chi connectivity index (χ2n) is 4.94. The molecule has 1 aromatic carbocycles. The third-order valence-corrected chi connectivity index (χ3v) is 4.62. The normalized spacial score (nSPS) is 28.4. The maximum absolute atomic E-state index is 12.0. The molecule has 1 heterocycles. The van der Waals surface area contributed by atoms with Crippen molar-refractivity contribution in [3.63, 3.8) is 0 Å². The Labute approximate surface area is 152 Å². The average Bonchev–Trinajstić information content (AvgIpc) is 2.74. The van der Waals surface area contributed by atoms with E-state index >= 15 is 0 Å². The minimum atomic E-state index is -4.05. The van der Waals surface area contributed by atoms with E-state index < -0.39 is 41.1 Å². The molecule has 0 aromatic heterocycles. The fourth-order valence-electron chi connectivity index (χ4n) is 1.91. The zero-order valence-electron chi connectivity index (χ0n) is 11.8. The van der Waals surface area contributed by atoms with Crippen molar-refractivity contribution in [1.82, 2.24) is 0 Å². The topological polar surface area (TPSA) is 113 Å². The SMILES string of the molecule is Cc1ccc(S(=O)(=O)OC[C@]2(CO)O[CH-][C@@H](O)C2O)cc1.[U]. The maximum atomic E-state index is 12.0. The molecule has 22 heavy (non-hydrogen) atoms. The largest absolute Gasteiger partial charge is 0.540 e. The smallest absolute Gasteiger partial charge is 0.297 e. The van der Waals surface area contributed by atoms with E-state index in [4.69, 9.17) is 8.92 Å². The Morgan fingerprint density at radius 2 is 1.91 bits per heavy atom. The Balaban J connectivity index is 0.00000242. The van der Waals surface area contributed by atoms with Gasteiger partial charge in [0, 0.05) is 31.1 Å². The molecule has 0 bridgehead atoms. The minimum Gasteiger partial charge on any atom is -0.540 e. The molecule has 122 valence electrons. The first-order valence-corrected chi connectivity index (χ1v) is 7.66. The van der Waals surface area contributed by atoms with E-state index in [1.54, 1.807) is 12.1 Å². The van der Waals surface area contributed by atoms with Crippen LogP contribution in [0.2, 0.25) is 0 Å². The van der Waals surface area contributed by atoms with Crippen LogP contribution in [0.3, 0.4) is 0 Å². The molecule has 0 radical (unpaired) electrons. The Bertz CT molecular complexity index is 589. The summed E-state index contributed by atoms with van der Waals surface area (Å²) in [5.74, 6) is 0. The summed E-state index contributed by atoms with van der Waals surface area (Å²) in [6.45, 7) is 1.43. The molecule has 3 atom stereocenters. The van der Waals surface area contributed by atoms with Gasteiger partial charge in [-0.05, 0) is 25.2 Å². The van der Waals surface area contributed by atoms with Gasteiger partial charge in [-0.15, -0.1) is 0 Å². The fourth-order valence-corrected chi connectivity index (χ4v) is 2.87. The number of hydrogen-bond donors (Lipinski definition) is 3. The van der Waals surface area contributed by atoms with E-state index in [1.807, 2.05) is 6.92 Å². The Morgan fingerprint density at radius 3 is 2.36 bits per heavy atom. The summed E-state index contributed by atoms with van der Waals surface area (Å²) in [7, 11) is -4.05. The van der Waals surface area contributed by atoms with Crippen molar-refractivity contribution in [2.75, 3.05) is 13.2 Å². The molecule has 0 amide bonds. The number of hydrogen-bond acceptors (Lipinski definition) is 7. The monoisotopic (exact) mass is 555 g/mol. The van der Waals surface area contributed by atoms with E-state index in [2.05, 4.69) is 0 Å². The van der Waals surface area contributed by atoms with Gasteiger partial charge in [-0.25, -0.2) is 0 Å². The van der Waals surface area contributed by atoms with Crippen LogP contribution in [0.5, 0.6) is 0 Å². The standard InChI is InChI=1S/C13H17O7S.U/c1-9-2-4-10(5-3-9)21(17,18)20-8-13(7-14)12(16)11(15)6-19-13;/h2-6,11-12,14-16H,7-8H2,1H3;/q-1;/t11-,12?,13+;/m1./s1. The molecule has 0 saturated carbocycles. The minimum absolute atomic E-state index is 0. The van der Waals surface area contributed by atoms with E-state index in [0.717, 1.165) is 12.2 Å². The summed E-state index contributed by atoms with van der Waals surface area (Å²) in [6, 6.07) is 6.03. The van der Waals surface area contributed by atoms with Crippen LogP contribution in [-0.4, -0.2) is 54.8 Å². The van der Waals surface area contributed by atoms with Crippen molar-refractivity contribution < 1.29 is 63.8 Å². The summed E-state index contributed by atoms with van der Waals surface area (Å²) in [6.07, 6.45) is -2.79. The van der Waals surface area contributed by atoms with Crippen molar-refractivity contribution in [3.05, 3.63) is 36.4 Å². The molecule has 1 aromatic rings. The molecule has 3 N–H and O–H groups in total. The van der Waals surface area contributed by atoms with E-state index in [1.165, 1.54) is 12.1 Å². The third kappa shape index (κ3) is 4.10. The second kappa shape index (κ2) is 7.73. The summed E-state index contributed by atoms with van der Waals surface area (Å²) in [5.41, 5.74) is -0.801. The van der Waals surface area contributed by atoms with Gasteiger partial charge in [-0.3, -0.25) is 4.18 Å². The summed E-state index contributed by atoms with van der Waals surface area (Å²) in [5, 5.41) is 28.5. The van der Waals surface area contributed by atoms with Crippen LogP contribution < -0.4 is 0 Å². The molecule has 1 aliphatic rings. The number of benzene rings is 1. The number of aliphatic hydroxyl groups excluding tert-OH is 3. The molecule has 0 spiro atoms. The molecule has 1 aliphatic heterocycles. The summed E-state index contributed by atoms with van der Waals surface area (Å²) < 4.78 is 33.9. The van der Waals surface area contributed by atoms with Crippen LogP contribution in [-0.2, 0) is 19.0 Å². The second-order valence-corrected chi connectivity index (χ2v) is 6.56. The van der Waals surface area contributed by atoms with E-state index in [9.17, 15) is 23.7 Å². The van der Waals surface area contributed by atoms with Crippen molar-refractivity contribution in [2.45, 2.75) is 29.6 Å². The predicted molar refractivity (Wildman–Crippen MR) is 71.5 cm³/mol. The quantitative estimate of drug-likeness (QED) is 0.327. The molecule has 1 saturated heterocycles. The van der Waals surface area contributed by atoms with Gasteiger partial charge < -0.3 is 20.1 Å². The maximum Gasteiger partial charge on any atom is 0.297 e. The molecule has 0 aliphatic carbocycles. The first-order valence-electron chi connectivity index (χ1n) is 6.25. The van der Waals surface area contributed by atoms with Crippen molar-refractivity contribution in [2.24, 2.45) is 0 Å². The first kappa shape index (κ1) is 20.1. The van der Waals surface area contributed by atoms with E-state index in [0.29, 0.717) is 0 Å². The number of rotatable bonds is 5. The molecule has 7 nitrogen and oxygen atoms in total. The van der Waals surface area contributed by atoms with Crippen LogP contribution in [0, 0.1) is 44.6 Å². The first-order chi connectivity index (χ1) is 9.81. The van der Waals surface area contributed by atoms with Gasteiger partial charge in [0.1, 0.15) is 5.60 Å². The van der Waals surface area contributed by atoms with Crippen LogP contribution in [0.25, 0.3) is 0 Å². The van der Waals surface area contributed by atoms with Crippen LogP contribution >= 0.6 is 0 Å². The van der Waals surface area contributed by atoms with Gasteiger partial charge in [0.25, 0.3) is 10.1 Å². The molecular formula is C13H17O7SU-. The van der Waals surface area contributed by atoms with Gasteiger partial charge >= 0.3 is 0 Å². The summed E-state index contributed by atoms with van der Waals surface area (Å²) in [4.78, 5) is -0.0433. The van der Waals surface area contributed by atoms with Crippen LogP contribution in [0.4, 0.5) is 0 Å². The molecule has 2 rings (SSSR count). The number of aliphatic hydroxyl groups is 3. The van der Waals surface area contributed by atoms with E-state index in [-0.39, 0.29) is 36.0 Å². The van der Waals surface area contributed by atoms with Crippen LogP contribution in [0.15, 0.2) is 29.2 Å². The van der Waals surface area contributed by atoms with Gasteiger partial charge in [0.2, 0.25) is 0 Å². The van der Waals surface area contributed by atoms with Gasteiger partial charge in [-0.2, -0.15) is 15.0 Å². The van der Waals surface area contributed by atoms with Gasteiger partial charge in [-0.1, -0.05) is 17.7 Å². The molecule has 1 fully saturated rings. The van der Waals surface area contributed by atoms with Crippen molar-refractivity contribution in [3.8, 4) is 0 Å². The number of ether oxygens (including phenoxy) is 1. The van der Waals surface area contributed by atoms with Gasteiger partial charge in [0.05, 0.1) is 24.2 Å². The van der Waals surface area contributed by atoms with Gasteiger partial charge in [0.15, 0.2) is 0 Å². The van der Waals surface area contributed by atoms with Crippen molar-refractivity contribution in [1.29, 1.82) is 0 Å². The van der Waals surface area contributed by atoms with Crippen molar-refractivity contribution >= 4 is 10.1 Å². The zero-order valence-corrected chi connectivity index (χ0v) is 16.8. The molecule has 9 heteroatoms. The van der Waals surface area contributed by atoms with Crippen LogP contribution in [0.1, 0.15) is 5.56 Å². The predicted octanol–water partition coefficient (Wildman–Crippen LogP) is -0.655. The number of aryl methyl sites for hydroxylation is 1. The zero-order chi connectivity index (χ0) is 15.7. The summed E-state index contributed by atoms with van der Waals surface area (Å²) >= 11 is 0. The Kier molecular flexibility index (Phi) is 7.05. The molecule has 1 unspecified atom stereocenters. The molecular weight excluding hydrogens is 538 g/mol. The third-order valence-electron chi connectivity index (χ3n) is 3.34. The fraction of sp³-hybridized carbons (Fsp3) is 0.462.